The predicted molar refractivity (Wildman–Crippen MR) is 182 cm³/mol. The molecule has 200 valence electrons. The van der Waals surface area contributed by atoms with Crippen molar-refractivity contribution in [2.45, 2.75) is 6.92 Å². The van der Waals surface area contributed by atoms with Crippen molar-refractivity contribution in [2.75, 3.05) is 22.7 Å². The molecule has 0 atom stereocenters. The summed E-state index contributed by atoms with van der Waals surface area (Å²) < 4.78 is 0. The number of anilines is 2. The van der Waals surface area contributed by atoms with Crippen LogP contribution in [0.15, 0.2) is 146 Å². The molecule has 0 N–H and O–H groups in total. The smallest absolute Gasteiger partial charge is 0.390 e. The van der Waals surface area contributed by atoms with Crippen molar-refractivity contribution in [3.8, 4) is 11.1 Å². The molecule has 0 bridgehead atoms. The summed E-state index contributed by atoms with van der Waals surface area (Å²) in [4.78, 5) is 5.17. The maximum atomic E-state index is 2.59. The zero-order valence-corrected chi connectivity index (χ0v) is 23.7. The molecule has 0 aliphatic carbocycles. The number of benzene rings is 7. The summed E-state index contributed by atoms with van der Waals surface area (Å²) in [7, 11) is 0. The molecule has 1 saturated heterocycles. The van der Waals surface area contributed by atoms with E-state index in [9.17, 15) is 0 Å². The first-order chi connectivity index (χ1) is 20.8. The van der Waals surface area contributed by atoms with Crippen LogP contribution in [0.4, 0.5) is 11.4 Å². The second kappa shape index (κ2) is 10.1. The van der Waals surface area contributed by atoms with E-state index in [-0.39, 0.29) is 6.98 Å². The molecule has 0 aromatic heterocycles. The summed E-state index contributed by atoms with van der Waals surface area (Å²) >= 11 is 0. The van der Waals surface area contributed by atoms with Gasteiger partial charge >= 0.3 is 6.98 Å². The lowest BCUT2D eigenvalue weighted by molar-refractivity contribution is 1.02. The van der Waals surface area contributed by atoms with Gasteiger partial charge in [0.25, 0.3) is 0 Å². The van der Waals surface area contributed by atoms with Gasteiger partial charge < -0.3 is 9.62 Å². The Morgan fingerprint density at radius 1 is 0.429 bits per heavy atom. The lowest BCUT2D eigenvalue weighted by Crippen LogP contribution is -2.54. The highest BCUT2D eigenvalue weighted by Crippen LogP contribution is 2.41. The van der Waals surface area contributed by atoms with Crippen LogP contribution in [0.1, 0.15) is 5.56 Å². The fourth-order valence-corrected chi connectivity index (χ4v) is 7.12. The van der Waals surface area contributed by atoms with E-state index in [1.165, 1.54) is 65.8 Å². The van der Waals surface area contributed by atoms with Crippen molar-refractivity contribution in [3.63, 3.8) is 0 Å². The third kappa shape index (κ3) is 3.88. The molecule has 1 fully saturated rings. The van der Waals surface area contributed by atoms with Gasteiger partial charge in [-0.05, 0) is 85.7 Å². The van der Waals surface area contributed by atoms with Gasteiger partial charge in [-0.25, -0.2) is 0 Å². The van der Waals surface area contributed by atoms with Gasteiger partial charge in [-0.3, -0.25) is 0 Å². The number of aryl methyl sites for hydroxylation is 1. The maximum absolute atomic E-state index is 2.59. The molecule has 0 radical (unpaired) electrons. The van der Waals surface area contributed by atoms with Crippen LogP contribution in [0, 0.1) is 6.92 Å². The SMILES string of the molecule is Cc1ccc(-c2c3ccccc3c(B3N(c4ccccc4)CCN3c3ccccc3)c3ccccc23)c2ccccc12. The van der Waals surface area contributed by atoms with Gasteiger partial charge in [0, 0.05) is 24.5 Å². The minimum atomic E-state index is 0.0495. The third-order valence-corrected chi connectivity index (χ3v) is 8.99. The molecular formula is C39H31BN2. The van der Waals surface area contributed by atoms with E-state index in [4.69, 9.17) is 0 Å². The van der Waals surface area contributed by atoms with Gasteiger partial charge in [0.15, 0.2) is 0 Å². The van der Waals surface area contributed by atoms with E-state index >= 15 is 0 Å². The number of hydrogen-bond acceptors (Lipinski definition) is 2. The standard InChI is InChI=1S/C39H31BN2/c1-28-24-25-35(32-19-9-8-18-31(28)32)38-33-20-10-12-22-36(33)39(37-23-13-11-21-34(37)38)40-41(29-14-4-2-5-15-29)26-27-42(40)30-16-6-3-7-17-30/h2-25H,26-27H2,1H3. The fourth-order valence-electron chi connectivity index (χ4n) is 7.12. The van der Waals surface area contributed by atoms with Crippen LogP contribution in [0.25, 0.3) is 43.4 Å². The predicted octanol–water partition coefficient (Wildman–Crippen LogP) is 8.84. The Kier molecular flexibility index (Phi) is 5.96. The second-order valence-electron chi connectivity index (χ2n) is 11.3. The average molecular weight is 539 g/mol. The summed E-state index contributed by atoms with van der Waals surface area (Å²) in [6, 6.07) is 53.4. The van der Waals surface area contributed by atoms with Crippen LogP contribution < -0.4 is 15.1 Å². The van der Waals surface area contributed by atoms with Crippen molar-refractivity contribution >= 4 is 56.1 Å². The fraction of sp³-hybridized carbons (Fsp3) is 0.0769. The highest BCUT2D eigenvalue weighted by Gasteiger charge is 2.41. The summed E-state index contributed by atoms with van der Waals surface area (Å²) in [5, 5.41) is 7.84. The molecule has 1 heterocycles. The Morgan fingerprint density at radius 2 is 0.857 bits per heavy atom. The minimum absolute atomic E-state index is 0.0495. The second-order valence-corrected chi connectivity index (χ2v) is 11.3. The largest absolute Gasteiger partial charge is 0.412 e. The van der Waals surface area contributed by atoms with Crippen LogP contribution in [-0.4, -0.2) is 20.1 Å². The van der Waals surface area contributed by atoms with Crippen molar-refractivity contribution in [1.82, 2.24) is 0 Å². The van der Waals surface area contributed by atoms with E-state index in [2.05, 4.69) is 162 Å². The molecular weight excluding hydrogens is 507 g/mol. The molecule has 0 saturated carbocycles. The third-order valence-electron chi connectivity index (χ3n) is 8.99. The summed E-state index contributed by atoms with van der Waals surface area (Å²) in [5.41, 5.74) is 7.79. The molecule has 42 heavy (non-hydrogen) atoms. The lowest BCUT2D eigenvalue weighted by Gasteiger charge is -2.32. The van der Waals surface area contributed by atoms with Gasteiger partial charge in [-0.1, -0.05) is 121 Å². The van der Waals surface area contributed by atoms with E-state index in [1.54, 1.807) is 0 Å². The first kappa shape index (κ1) is 24.8. The minimum Gasteiger partial charge on any atom is -0.390 e. The van der Waals surface area contributed by atoms with Gasteiger partial charge in [-0.15, -0.1) is 0 Å². The van der Waals surface area contributed by atoms with Crippen molar-refractivity contribution < 1.29 is 0 Å². The summed E-state index contributed by atoms with van der Waals surface area (Å²) in [5.74, 6) is 0. The molecule has 7 aromatic carbocycles. The van der Waals surface area contributed by atoms with E-state index < -0.39 is 0 Å². The number of para-hydroxylation sites is 2. The van der Waals surface area contributed by atoms with Gasteiger partial charge in [0.1, 0.15) is 0 Å². The highest BCUT2D eigenvalue weighted by molar-refractivity contribution is 6.85. The van der Waals surface area contributed by atoms with Crippen LogP contribution in [0.3, 0.4) is 0 Å². The number of fused-ring (bicyclic) bond motifs is 3. The van der Waals surface area contributed by atoms with E-state index in [1.807, 2.05) is 0 Å². The first-order valence-electron chi connectivity index (χ1n) is 14.8. The van der Waals surface area contributed by atoms with E-state index in [0.717, 1.165) is 13.1 Å². The number of hydrogen-bond donors (Lipinski definition) is 0. The van der Waals surface area contributed by atoms with Gasteiger partial charge in [-0.2, -0.15) is 0 Å². The highest BCUT2D eigenvalue weighted by atomic mass is 15.3. The zero-order chi connectivity index (χ0) is 28.0. The molecule has 1 aliphatic rings. The van der Waals surface area contributed by atoms with Crippen molar-refractivity contribution in [3.05, 3.63) is 151 Å². The Bertz CT molecular complexity index is 1970. The van der Waals surface area contributed by atoms with Crippen LogP contribution in [0.2, 0.25) is 0 Å². The van der Waals surface area contributed by atoms with Gasteiger partial charge in [0.2, 0.25) is 0 Å². The molecule has 0 unspecified atom stereocenters. The van der Waals surface area contributed by atoms with Crippen LogP contribution in [-0.2, 0) is 0 Å². The molecule has 8 rings (SSSR count). The molecule has 0 spiro atoms. The summed E-state index contributed by atoms with van der Waals surface area (Å²) in [6.07, 6.45) is 0. The zero-order valence-electron chi connectivity index (χ0n) is 23.7. The number of rotatable bonds is 4. The van der Waals surface area contributed by atoms with Crippen molar-refractivity contribution in [1.29, 1.82) is 0 Å². The Labute approximate surface area is 247 Å². The maximum Gasteiger partial charge on any atom is 0.412 e. The quantitative estimate of drug-likeness (QED) is 0.163. The average Bonchev–Trinajstić information content (AvgIpc) is 3.50. The molecule has 0 amide bonds. The first-order valence-corrected chi connectivity index (χ1v) is 14.8. The number of nitrogens with zero attached hydrogens (tertiary/aromatic N) is 2. The normalized spacial score (nSPS) is 13.5. The van der Waals surface area contributed by atoms with E-state index in [0.29, 0.717) is 0 Å². The van der Waals surface area contributed by atoms with Gasteiger partial charge in [0.05, 0.1) is 0 Å². The molecule has 1 aliphatic heterocycles. The lowest BCUT2D eigenvalue weighted by atomic mass is 9.61. The molecule has 7 aromatic rings. The molecule has 3 heteroatoms. The Morgan fingerprint density at radius 3 is 1.38 bits per heavy atom. The van der Waals surface area contributed by atoms with Crippen molar-refractivity contribution in [2.24, 2.45) is 0 Å². The molecule has 2 nitrogen and oxygen atoms in total. The van der Waals surface area contributed by atoms with Crippen LogP contribution >= 0.6 is 0 Å². The summed E-state index contributed by atoms with van der Waals surface area (Å²) in [6.45, 7) is 4.17. The topological polar surface area (TPSA) is 6.48 Å². The monoisotopic (exact) mass is 538 g/mol. The van der Waals surface area contributed by atoms with Crippen LogP contribution in [0.5, 0.6) is 0 Å². The Balaban J connectivity index is 1.47. The Hall–Kier alpha value is -5.02.